The highest BCUT2D eigenvalue weighted by Gasteiger charge is 2.44. The molecule has 0 aromatic heterocycles. The molecule has 1 amide bonds. The van der Waals surface area contributed by atoms with Crippen LogP contribution in [0.15, 0.2) is 18.2 Å². The number of carbonyl (C=O) groups excluding carboxylic acids is 1. The molecule has 2 unspecified atom stereocenters. The van der Waals surface area contributed by atoms with Gasteiger partial charge < -0.3 is 20.1 Å². The number of carbonyl (C=O) groups is 1. The van der Waals surface area contributed by atoms with Crippen LogP contribution in [0.2, 0.25) is 0 Å². The van der Waals surface area contributed by atoms with E-state index in [0.717, 1.165) is 17.1 Å². The molecule has 1 aromatic carbocycles. The first-order chi connectivity index (χ1) is 8.22. The zero-order valence-electron chi connectivity index (χ0n) is 9.55. The number of nitrogens with zero attached hydrogens (tertiary/aromatic N) is 1. The van der Waals surface area contributed by atoms with Crippen LogP contribution in [-0.2, 0) is 4.79 Å². The molecule has 2 heterocycles. The summed E-state index contributed by atoms with van der Waals surface area (Å²) in [6, 6.07) is 5.23. The first kappa shape index (κ1) is 10.4. The number of hydrogen-bond donors (Lipinski definition) is 1. The average molecular weight is 234 g/mol. The van der Waals surface area contributed by atoms with Gasteiger partial charge in [-0.2, -0.15) is 0 Å². The van der Waals surface area contributed by atoms with Crippen LogP contribution in [0.3, 0.4) is 0 Å². The third-order valence-electron chi connectivity index (χ3n) is 3.32. The number of rotatable bonds is 2. The lowest BCUT2D eigenvalue weighted by Crippen LogP contribution is -2.62. The van der Waals surface area contributed by atoms with Gasteiger partial charge in [0, 0.05) is 6.54 Å². The van der Waals surface area contributed by atoms with Gasteiger partial charge in [0.15, 0.2) is 11.5 Å². The largest absolute Gasteiger partial charge is 0.454 e. The molecule has 1 saturated heterocycles. The molecule has 0 spiro atoms. The van der Waals surface area contributed by atoms with Crippen molar-refractivity contribution < 1.29 is 14.3 Å². The molecule has 2 aliphatic heterocycles. The third kappa shape index (κ3) is 1.39. The Morgan fingerprint density at radius 3 is 2.94 bits per heavy atom. The molecular formula is C12H14N2O3. The van der Waals surface area contributed by atoms with Gasteiger partial charge in [-0.25, -0.2) is 0 Å². The van der Waals surface area contributed by atoms with Crippen molar-refractivity contribution in [1.29, 1.82) is 0 Å². The van der Waals surface area contributed by atoms with Gasteiger partial charge in [0.25, 0.3) is 0 Å². The standard InChI is InChI=1S/C12H14N2O3/c1-2-14-11(10(13)12(14)15)7-3-4-8-9(5-7)17-6-16-8/h3-5,10-11H,2,6,13H2,1H3. The lowest BCUT2D eigenvalue weighted by Gasteiger charge is -2.45. The second kappa shape index (κ2) is 3.63. The molecule has 2 N–H and O–H groups in total. The van der Waals surface area contributed by atoms with E-state index in [0.29, 0.717) is 6.54 Å². The highest BCUT2D eigenvalue weighted by molar-refractivity contribution is 5.89. The molecule has 5 heteroatoms. The van der Waals surface area contributed by atoms with Gasteiger partial charge in [0.1, 0.15) is 6.04 Å². The zero-order chi connectivity index (χ0) is 12.0. The zero-order valence-corrected chi connectivity index (χ0v) is 9.55. The second-order valence-corrected chi connectivity index (χ2v) is 4.21. The van der Waals surface area contributed by atoms with Crippen molar-refractivity contribution >= 4 is 5.91 Å². The van der Waals surface area contributed by atoms with E-state index >= 15 is 0 Å². The van der Waals surface area contributed by atoms with Crippen LogP contribution in [0.4, 0.5) is 0 Å². The van der Waals surface area contributed by atoms with Crippen LogP contribution >= 0.6 is 0 Å². The van der Waals surface area contributed by atoms with E-state index in [1.54, 1.807) is 4.90 Å². The Labute approximate surface area is 99.1 Å². The van der Waals surface area contributed by atoms with Gasteiger partial charge in [-0.15, -0.1) is 0 Å². The normalized spacial score (nSPS) is 26.0. The number of likely N-dealkylation sites (N-methyl/N-ethyl adjacent to an activating group) is 1. The van der Waals surface area contributed by atoms with Crippen LogP contribution < -0.4 is 15.2 Å². The minimum absolute atomic E-state index is 0.00941. The molecular weight excluding hydrogens is 220 g/mol. The Morgan fingerprint density at radius 2 is 2.18 bits per heavy atom. The van der Waals surface area contributed by atoms with Crippen LogP contribution in [0.5, 0.6) is 11.5 Å². The van der Waals surface area contributed by atoms with Crippen molar-refractivity contribution in [2.75, 3.05) is 13.3 Å². The predicted molar refractivity (Wildman–Crippen MR) is 60.7 cm³/mol. The second-order valence-electron chi connectivity index (χ2n) is 4.21. The van der Waals surface area contributed by atoms with Gasteiger partial charge in [-0.1, -0.05) is 6.07 Å². The van der Waals surface area contributed by atoms with Gasteiger partial charge in [-0.05, 0) is 24.6 Å². The Morgan fingerprint density at radius 1 is 1.41 bits per heavy atom. The molecule has 1 aromatic rings. The number of hydrogen-bond acceptors (Lipinski definition) is 4. The summed E-state index contributed by atoms with van der Waals surface area (Å²) in [6.07, 6.45) is 0. The Kier molecular flexibility index (Phi) is 2.22. The maximum absolute atomic E-state index is 11.6. The van der Waals surface area contributed by atoms with E-state index in [-0.39, 0.29) is 18.7 Å². The molecule has 0 saturated carbocycles. The van der Waals surface area contributed by atoms with E-state index in [1.807, 2.05) is 25.1 Å². The van der Waals surface area contributed by atoms with Crippen LogP contribution in [0, 0.1) is 0 Å². The van der Waals surface area contributed by atoms with Gasteiger partial charge in [-0.3, -0.25) is 4.79 Å². The summed E-state index contributed by atoms with van der Waals surface area (Å²) in [5.41, 5.74) is 6.85. The van der Waals surface area contributed by atoms with Crippen LogP contribution in [0.25, 0.3) is 0 Å². The molecule has 90 valence electrons. The Balaban J connectivity index is 1.92. The minimum Gasteiger partial charge on any atom is -0.454 e. The van der Waals surface area contributed by atoms with Gasteiger partial charge in [0.05, 0.1) is 6.04 Å². The molecule has 0 bridgehead atoms. The summed E-state index contributed by atoms with van der Waals surface area (Å²) >= 11 is 0. The molecule has 0 aliphatic carbocycles. The van der Waals surface area contributed by atoms with Crippen molar-refractivity contribution in [1.82, 2.24) is 4.90 Å². The topological polar surface area (TPSA) is 64.8 Å². The summed E-state index contributed by atoms with van der Waals surface area (Å²) < 4.78 is 10.6. The fourth-order valence-electron chi connectivity index (χ4n) is 2.41. The highest BCUT2D eigenvalue weighted by Crippen LogP contribution is 2.39. The average Bonchev–Trinajstić information content (AvgIpc) is 2.81. The summed E-state index contributed by atoms with van der Waals surface area (Å²) in [4.78, 5) is 13.3. The summed E-state index contributed by atoms with van der Waals surface area (Å²) in [7, 11) is 0. The van der Waals surface area contributed by atoms with Crippen molar-refractivity contribution in [3.05, 3.63) is 23.8 Å². The van der Waals surface area contributed by atoms with Gasteiger partial charge >= 0.3 is 0 Å². The van der Waals surface area contributed by atoms with Crippen molar-refractivity contribution in [2.24, 2.45) is 5.73 Å². The Hall–Kier alpha value is -1.75. The van der Waals surface area contributed by atoms with Crippen LogP contribution in [-0.4, -0.2) is 30.2 Å². The number of nitrogens with two attached hydrogens (primary N) is 1. The molecule has 0 radical (unpaired) electrons. The smallest absolute Gasteiger partial charge is 0.242 e. The quantitative estimate of drug-likeness (QED) is 0.763. The fourth-order valence-corrected chi connectivity index (χ4v) is 2.41. The maximum Gasteiger partial charge on any atom is 0.242 e. The minimum atomic E-state index is -0.435. The SMILES string of the molecule is CCN1C(=O)C(N)C1c1ccc2c(c1)OCO2. The number of β-lactam (4-membered cyclic amide) rings is 1. The molecule has 2 aliphatic rings. The fraction of sp³-hybridized carbons (Fsp3) is 0.417. The lowest BCUT2D eigenvalue weighted by atomic mass is 9.89. The van der Waals surface area contributed by atoms with Crippen LogP contribution in [0.1, 0.15) is 18.5 Å². The van der Waals surface area contributed by atoms with Crippen molar-refractivity contribution in [3.63, 3.8) is 0 Å². The molecule has 17 heavy (non-hydrogen) atoms. The molecule has 2 atom stereocenters. The van der Waals surface area contributed by atoms with E-state index in [2.05, 4.69) is 0 Å². The third-order valence-corrected chi connectivity index (χ3v) is 3.32. The number of ether oxygens (including phenoxy) is 2. The first-order valence-electron chi connectivity index (χ1n) is 5.68. The highest BCUT2D eigenvalue weighted by atomic mass is 16.7. The van der Waals surface area contributed by atoms with E-state index < -0.39 is 6.04 Å². The van der Waals surface area contributed by atoms with E-state index in [9.17, 15) is 4.79 Å². The monoisotopic (exact) mass is 234 g/mol. The number of amides is 1. The molecule has 1 fully saturated rings. The summed E-state index contributed by atoms with van der Waals surface area (Å²) in [5.74, 6) is 1.48. The number of fused-ring (bicyclic) bond motifs is 1. The maximum atomic E-state index is 11.6. The van der Waals surface area contributed by atoms with Crippen molar-refractivity contribution in [2.45, 2.75) is 19.0 Å². The predicted octanol–water partition coefficient (Wildman–Crippen LogP) is 0.646. The van der Waals surface area contributed by atoms with Crippen molar-refractivity contribution in [3.8, 4) is 11.5 Å². The molecule has 5 nitrogen and oxygen atoms in total. The Bertz CT molecular complexity index is 475. The molecule has 3 rings (SSSR count). The first-order valence-corrected chi connectivity index (χ1v) is 5.68. The van der Waals surface area contributed by atoms with E-state index in [1.165, 1.54) is 0 Å². The number of benzene rings is 1. The van der Waals surface area contributed by atoms with E-state index in [4.69, 9.17) is 15.2 Å². The number of likely N-dealkylation sites (tertiary alicyclic amines) is 1. The summed E-state index contributed by atoms with van der Waals surface area (Å²) in [5, 5.41) is 0. The lowest BCUT2D eigenvalue weighted by molar-refractivity contribution is -0.149. The summed E-state index contributed by atoms with van der Waals surface area (Å²) in [6.45, 7) is 2.88. The van der Waals surface area contributed by atoms with Gasteiger partial charge in [0.2, 0.25) is 12.7 Å².